The number of aromatic nitrogens is 1. The van der Waals surface area contributed by atoms with E-state index in [1.807, 2.05) is 13.1 Å². The normalized spacial score (nSPS) is 16.7. The van der Waals surface area contributed by atoms with E-state index < -0.39 is 0 Å². The van der Waals surface area contributed by atoms with Gasteiger partial charge >= 0.3 is 0 Å². The van der Waals surface area contributed by atoms with E-state index in [1.165, 1.54) is 44.7 Å². The largest absolute Gasteiger partial charge is 0.494 e. The lowest BCUT2D eigenvalue weighted by Gasteiger charge is -2.26. The maximum atomic E-state index is 11.1. The second-order valence-corrected chi connectivity index (χ2v) is 9.80. The Morgan fingerprint density at radius 3 is 2.71 bits per heavy atom. The van der Waals surface area contributed by atoms with Crippen molar-refractivity contribution < 1.29 is 9.53 Å². The number of carbonyl (C=O) groups is 1. The molecule has 2 aromatic carbocycles. The summed E-state index contributed by atoms with van der Waals surface area (Å²) in [7, 11) is 0. The predicted molar refractivity (Wildman–Crippen MR) is 141 cm³/mol. The molecule has 0 amide bonds. The molecule has 1 aliphatic carbocycles. The van der Waals surface area contributed by atoms with Gasteiger partial charge in [-0.2, -0.15) is 0 Å². The number of benzene rings is 2. The molecule has 1 aliphatic rings. The van der Waals surface area contributed by atoms with Crippen LogP contribution in [-0.2, 0) is 16.0 Å². The zero-order chi connectivity index (χ0) is 24.2. The molecule has 0 radical (unpaired) electrons. The minimum absolute atomic E-state index is 0.0184. The fraction of sp³-hybridized carbons (Fsp3) is 0.355. The highest BCUT2D eigenvalue weighted by Crippen LogP contribution is 2.33. The summed E-state index contributed by atoms with van der Waals surface area (Å²) in [6, 6.07) is 15.8. The van der Waals surface area contributed by atoms with E-state index >= 15 is 0 Å². The Labute approximate surface area is 203 Å². The monoisotopic (exact) mass is 453 g/mol. The van der Waals surface area contributed by atoms with Gasteiger partial charge in [-0.1, -0.05) is 49.8 Å². The number of nitrogens with zero attached hydrogens (tertiary/aromatic N) is 1. The molecule has 1 heterocycles. The van der Waals surface area contributed by atoms with E-state index in [0.29, 0.717) is 24.2 Å². The van der Waals surface area contributed by atoms with Crippen LogP contribution in [0.15, 0.2) is 72.1 Å². The first-order chi connectivity index (χ1) is 16.3. The van der Waals surface area contributed by atoms with Crippen LogP contribution in [0.1, 0.15) is 63.1 Å². The number of pyridine rings is 1. The van der Waals surface area contributed by atoms with Crippen molar-refractivity contribution in [2.45, 2.75) is 59.8 Å². The van der Waals surface area contributed by atoms with E-state index in [4.69, 9.17) is 9.72 Å². The predicted octanol–water partition coefficient (Wildman–Crippen LogP) is 7.72. The highest BCUT2D eigenvalue weighted by molar-refractivity contribution is 5.95. The summed E-state index contributed by atoms with van der Waals surface area (Å²) in [4.78, 5) is 15.9. The molecule has 2 unspecified atom stereocenters. The maximum absolute atomic E-state index is 11.1. The molecule has 3 nitrogen and oxygen atoms in total. The van der Waals surface area contributed by atoms with E-state index in [9.17, 15) is 4.79 Å². The van der Waals surface area contributed by atoms with Crippen molar-refractivity contribution in [3.8, 4) is 11.3 Å². The smallest absolute Gasteiger partial charge is 0.155 e. The quantitative estimate of drug-likeness (QED) is 0.189. The van der Waals surface area contributed by atoms with Gasteiger partial charge in [0, 0.05) is 23.2 Å². The van der Waals surface area contributed by atoms with Crippen LogP contribution in [0, 0.1) is 12.8 Å². The van der Waals surface area contributed by atoms with Gasteiger partial charge in [0.1, 0.15) is 6.61 Å². The van der Waals surface area contributed by atoms with Gasteiger partial charge in [0.2, 0.25) is 0 Å². The number of ketones is 1. The van der Waals surface area contributed by atoms with Gasteiger partial charge in [0.15, 0.2) is 5.78 Å². The van der Waals surface area contributed by atoms with Crippen LogP contribution in [0.25, 0.3) is 22.0 Å². The number of rotatable bonds is 9. The van der Waals surface area contributed by atoms with E-state index in [2.05, 4.69) is 69.3 Å². The zero-order valence-electron chi connectivity index (χ0n) is 21.0. The number of hydrogen-bond acceptors (Lipinski definition) is 3. The van der Waals surface area contributed by atoms with Crippen LogP contribution in [0.3, 0.4) is 0 Å². The number of fused-ring (bicyclic) bond motifs is 1. The van der Waals surface area contributed by atoms with Gasteiger partial charge in [-0.3, -0.25) is 9.78 Å². The number of allylic oxidation sites excluding steroid dienone is 3. The lowest BCUT2D eigenvalue weighted by atomic mass is 9.82. The Hall–Kier alpha value is -3.20. The SMILES string of the molecule is CCC(C)c1ccc2c(-c3cc(C)cc(CC4C=C(CO/C(C)=C\C(C)=O)C4)c3)nccc2c1. The minimum atomic E-state index is 0.0184. The third-order valence-corrected chi connectivity index (χ3v) is 6.77. The standard InChI is InChI=1S/C31H35NO2/c1-6-21(3)27-7-8-30-28(18-27)9-10-32-31(30)29-12-20(2)11-24(17-29)14-25-15-26(16-25)19-34-23(5)13-22(4)33/h7-13,15,17-18,21,25H,6,14,16,19H2,1-5H3/b23-13-. The van der Waals surface area contributed by atoms with Crippen molar-refractivity contribution in [3.05, 3.63) is 88.8 Å². The molecule has 0 spiro atoms. The van der Waals surface area contributed by atoms with Crippen molar-refractivity contribution in [1.29, 1.82) is 0 Å². The second-order valence-electron chi connectivity index (χ2n) is 9.80. The summed E-state index contributed by atoms with van der Waals surface area (Å²) in [6.45, 7) is 10.6. The molecular formula is C31H35NO2. The Kier molecular flexibility index (Phi) is 7.31. The van der Waals surface area contributed by atoms with Crippen molar-refractivity contribution in [1.82, 2.24) is 4.98 Å². The molecule has 1 aromatic heterocycles. The van der Waals surface area contributed by atoms with E-state index in [-0.39, 0.29) is 5.78 Å². The fourth-order valence-corrected chi connectivity index (χ4v) is 4.80. The van der Waals surface area contributed by atoms with Crippen molar-refractivity contribution in [2.75, 3.05) is 6.61 Å². The highest BCUT2D eigenvalue weighted by atomic mass is 16.5. The molecule has 34 heavy (non-hydrogen) atoms. The van der Waals surface area contributed by atoms with Crippen LogP contribution in [0.4, 0.5) is 0 Å². The second kappa shape index (κ2) is 10.4. The molecule has 0 aliphatic heterocycles. The van der Waals surface area contributed by atoms with Gasteiger partial charge in [-0.25, -0.2) is 0 Å². The number of aryl methyl sites for hydroxylation is 1. The molecule has 0 saturated heterocycles. The summed E-state index contributed by atoms with van der Waals surface area (Å²) in [5, 5.41) is 2.47. The first-order valence-corrected chi connectivity index (χ1v) is 12.3. The molecular weight excluding hydrogens is 418 g/mol. The molecule has 0 fully saturated rings. The van der Waals surface area contributed by atoms with Crippen LogP contribution in [-0.4, -0.2) is 17.4 Å². The summed E-state index contributed by atoms with van der Waals surface area (Å²) in [5.74, 6) is 1.79. The van der Waals surface area contributed by atoms with Gasteiger partial charge in [0.25, 0.3) is 0 Å². The van der Waals surface area contributed by atoms with Gasteiger partial charge in [-0.15, -0.1) is 0 Å². The van der Waals surface area contributed by atoms with Crippen LogP contribution in [0.5, 0.6) is 0 Å². The average Bonchev–Trinajstić information content (AvgIpc) is 2.78. The Morgan fingerprint density at radius 1 is 1.18 bits per heavy atom. The van der Waals surface area contributed by atoms with Gasteiger partial charge in [0.05, 0.1) is 11.5 Å². The molecule has 3 heteroatoms. The average molecular weight is 454 g/mol. The number of hydrogen-bond donors (Lipinski definition) is 0. The topological polar surface area (TPSA) is 39.2 Å². The third-order valence-electron chi connectivity index (χ3n) is 6.77. The Balaban J connectivity index is 1.51. The molecule has 0 saturated carbocycles. The fourth-order valence-electron chi connectivity index (χ4n) is 4.80. The maximum Gasteiger partial charge on any atom is 0.155 e. The summed E-state index contributed by atoms with van der Waals surface area (Å²) >= 11 is 0. The molecule has 0 bridgehead atoms. The van der Waals surface area contributed by atoms with E-state index in [0.717, 1.165) is 25.0 Å². The number of carbonyl (C=O) groups excluding carboxylic acids is 1. The Morgan fingerprint density at radius 2 is 1.97 bits per heavy atom. The summed E-state index contributed by atoms with van der Waals surface area (Å²) < 4.78 is 5.69. The molecule has 3 aromatic rings. The van der Waals surface area contributed by atoms with Gasteiger partial charge in [-0.05, 0) is 92.2 Å². The highest BCUT2D eigenvalue weighted by Gasteiger charge is 2.20. The lowest BCUT2D eigenvalue weighted by molar-refractivity contribution is -0.112. The van der Waals surface area contributed by atoms with E-state index in [1.54, 1.807) is 6.92 Å². The van der Waals surface area contributed by atoms with Crippen LogP contribution >= 0.6 is 0 Å². The first kappa shape index (κ1) is 23.9. The third kappa shape index (κ3) is 5.64. The van der Waals surface area contributed by atoms with Crippen LogP contribution in [0.2, 0.25) is 0 Å². The zero-order valence-corrected chi connectivity index (χ0v) is 21.0. The lowest BCUT2D eigenvalue weighted by Crippen LogP contribution is -2.16. The Bertz CT molecular complexity index is 1270. The molecule has 2 atom stereocenters. The number of ether oxygens (including phenoxy) is 1. The molecule has 0 N–H and O–H groups in total. The van der Waals surface area contributed by atoms with Gasteiger partial charge < -0.3 is 4.74 Å². The van der Waals surface area contributed by atoms with Crippen molar-refractivity contribution in [3.63, 3.8) is 0 Å². The summed E-state index contributed by atoms with van der Waals surface area (Å²) in [6.07, 6.45) is 8.99. The minimum Gasteiger partial charge on any atom is -0.494 e. The van der Waals surface area contributed by atoms with Crippen molar-refractivity contribution in [2.24, 2.45) is 5.92 Å². The molecule has 176 valence electrons. The summed E-state index contributed by atoms with van der Waals surface area (Å²) in [5.41, 5.74) is 7.55. The molecule has 4 rings (SSSR count). The van der Waals surface area contributed by atoms with Crippen molar-refractivity contribution >= 4 is 16.6 Å². The first-order valence-electron chi connectivity index (χ1n) is 12.3. The van der Waals surface area contributed by atoms with Crippen LogP contribution < -0.4 is 0 Å².